The van der Waals surface area contributed by atoms with E-state index >= 15 is 0 Å². The molecule has 0 bridgehead atoms. The quantitative estimate of drug-likeness (QED) is 0.197. The molecule has 120 valence electrons. The first-order valence-electron chi connectivity index (χ1n) is 7.85. The van der Waals surface area contributed by atoms with Crippen LogP contribution in [-0.2, 0) is 0 Å². The van der Waals surface area contributed by atoms with Crippen LogP contribution in [0.4, 0.5) is 0 Å². The van der Waals surface area contributed by atoms with E-state index in [9.17, 15) is 10.4 Å². The van der Waals surface area contributed by atoms with Gasteiger partial charge in [0.1, 0.15) is 0 Å². The number of aliphatic hydroxyl groups is 1. The van der Waals surface area contributed by atoms with E-state index < -0.39 is 10.5 Å². The van der Waals surface area contributed by atoms with Crippen molar-refractivity contribution in [2.24, 2.45) is 0 Å². The molecule has 1 rings (SSSR count). The lowest BCUT2D eigenvalue weighted by Gasteiger charge is -2.32. The number of rotatable bonds is 10. The van der Waals surface area contributed by atoms with Gasteiger partial charge in [0, 0.05) is 0 Å². The van der Waals surface area contributed by atoms with Crippen molar-refractivity contribution in [1.29, 1.82) is 5.26 Å². The van der Waals surface area contributed by atoms with Crippen LogP contribution in [-0.4, -0.2) is 15.6 Å². The Kier molecular flexibility index (Phi) is 7.13. The minimum Gasteiger partial charge on any atom is -0.388 e. The van der Waals surface area contributed by atoms with Crippen molar-refractivity contribution in [3.63, 3.8) is 0 Å². The number of alkyl halides is 1. The molecule has 0 spiro atoms. The summed E-state index contributed by atoms with van der Waals surface area (Å²) in [6, 6.07) is 2.23. The molecule has 0 aromatic carbocycles. The Bertz CT molecular complexity index is 508. The van der Waals surface area contributed by atoms with Gasteiger partial charge in [0.2, 0.25) is 0 Å². The van der Waals surface area contributed by atoms with Crippen molar-refractivity contribution in [2.45, 2.75) is 62.3 Å². The maximum Gasteiger partial charge on any atom is 0.0990 e. The zero-order valence-corrected chi connectivity index (χ0v) is 14.2. The summed E-state index contributed by atoms with van der Waals surface area (Å²) in [6.45, 7) is 9.31. The summed E-state index contributed by atoms with van der Waals surface area (Å²) in [5.74, 6) is 0. The standard InChI is InChI=1S/C19H26ClNO/c1-4-7-8-9-17(16(6-3)15-21)10-12-19(22,11-5-2)18(20)13-14-18/h4-6,9,22H,1-2,7-8,10-14H2,3H3/b16-6-,17-9-. The summed E-state index contributed by atoms with van der Waals surface area (Å²) < 4.78 is 0. The first kappa shape index (κ1) is 18.7. The monoisotopic (exact) mass is 319 g/mol. The predicted molar refractivity (Wildman–Crippen MR) is 93.7 cm³/mol. The number of nitrogens with zero attached hydrogens (tertiary/aromatic N) is 1. The second-order valence-electron chi connectivity index (χ2n) is 5.90. The third-order valence-corrected chi connectivity index (χ3v) is 5.06. The lowest BCUT2D eigenvalue weighted by molar-refractivity contribution is 0.0225. The van der Waals surface area contributed by atoms with Crippen molar-refractivity contribution < 1.29 is 5.11 Å². The molecule has 2 nitrogen and oxygen atoms in total. The molecule has 1 aliphatic carbocycles. The Hall–Kier alpha value is -1.30. The van der Waals surface area contributed by atoms with E-state index in [0.29, 0.717) is 24.8 Å². The molecule has 0 radical (unpaired) electrons. The van der Waals surface area contributed by atoms with Gasteiger partial charge in [0.05, 0.1) is 22.1 Å². The number of nitriles is 1. The van der Waals surface area contributed by atoms with Gasteiger partial charge in [0.15, 0.2) is 0 Å². The summed E-state index contributed by atoms with van der Waals surface area (Å²) in [5.41, 5.74) is 0.710. The summed E-state index contributed by atoms with van der Waals surface area (Å²) in [7, 11) is 0. The molecule has 0 aromatic heterocycles. The van der Waals surface area contributed by atoms with Gasteiger partial charge in [-0.3, -0.25) is 0 Å². The van der Waals surface area contributed by atoms with E-state index in [1.807, 2.05) is 19.1 Å². The van der Waals surface area contributed by atoms with Crippen molar-refractivity contribution in [3.8, 4) is 6.07 Å². The highest BCUT2D eigenvalue weighted by Crippen LogP contribution is 2.54. The lowest BCUT2D eigenvalue weighted by atomic mass is 9.85. The predicted octanol–water partition coefficient (Wildman–Crippen LogP) is 5.21. The van der Waals surface area contributed by atoms with Crippen molar-refractivity contribution in [3.05, 3.63) is 48.6 Å². The van der Waals surface area contributed by atoms with Crippen LogP contribution >= 0.6 is 11.6 Å². The summed E-state index contributed by atoms with van der Waals surface area (Å²) in [4.78, 5) is -0.518. The van der Waals surface area contributed by atoms with Gasteiger partial charge in [-0.1, -0.05) is 24.3 Å². The molecule has 0 saturated heterocycles. The molecule has 0 aromatic rings. The number of unbranched alkanes of at least 4 members (excludes halogenated alkanes) is 1. The van der Waals surface area contributed by atoms with Crippen LogP contribution in [0.5, 0.6) is 0 Å². The molecular weight excluding hydrogens is 294 g/mol. The Morgan fingerprint density at radius 3 is 2.50 bits per heavy atom. The summed E-state index contributed by atoms with van der Waals surface area (Å²) in [6.07, 6.45) is 12.5. The van der Waals surface area contributed by atoms with Crippen molar-refractivity contribution in [1.82, 2.24) is 0 Å². The summed E-state index contributed by atoms with van der Waals surface area (Å²) >= 11 is 6.48. The van der Waals surface area contributed by atoms with Crippen LogP contribution in [0, 0.1) is 11.3 Å². The Morgan fingerprint density at radius 2 is 2.05 bits per heavy atom. The average Bonchev–Trinajstić information content (AvgIpc) is 3.25. The van der Waals surface area contributed by atoms with Crippen molar-refractivity contribution >= 4 is 11.6 Å². The van der Waals surface area contributed by atoms with E-state index in [0.717, 1.165) is 31.3 Å². The van der Waals surface area contributed by atoms with E-state index in [4.69, 9.17) is 11.6 Å². The topological polar surface area (TPSA) is 44.0 Å². The first-order valence-corrected chi connectivity index (χ1v) is 8.23. The highest BCUT2D eigenvalue weighted by atomic mass is 35.5. The maximum atomic E-state index is 10.9. The van der Waals surface area contributed by atoms with Crippen LogP contribution in [0.15, 0.2) is 48.6 Å². The fourth-order valence-electron chi connectivity index (χ4n) is 2.71. The van der Waals surface area contributed by atoms with E-state index in [-0.39, 0.29) is 0 Å². The van der Waals surface area contributed by atoms with Crippen LogP contribution in [0.3, 0.4) is 0 Å². The minimum absolute atomic E-state index is 0.480. The molecule has 1 atom stereocenters. The van der Waals surface area contributed by atoms with E-state index in [1.165, 1.54) is 0 Å². The molecule has 3 heteroatoms. The molecule has 0 heterocycles. The minimum atomic E-state index is -0.942. The van der Waals surface area contributed by atoms with Crippen LogP contribution in [0.25, 0.3) is 0 Å². The SMILES string of the molecule is C=CCC/C=C(CCC(O)(CC=C)C1(Cl)CC1)\C(C#N)=C/C. The Labute approximate surface area is 139 Å². The van der Waals surface area contributed by atoms with Gasteiger partial charge in [-0.05, 0) is 57.4 Å². The normalized spacial score (nSPS) is 19.9. The van der Waals surface area contributed by atoms with Crippen molar-refractivity contribution in [2.75, 3.05) is 0 Å². The van der Waals surface area contributed by atoms with Crippen LogP contribution < -0.4 is 0 Å². The zero-order valence-electron chi connectivity index (χ0n) is 13.4. The molecule has 22 heavy (non-hydrogen) atoms. The molecule has 0 aliphatic heterocycles. The van der Waals surface area contributed by atoms with Crippen LogP contribution in [0.2, 0.25) is 0 Å². The molecule has 1 aliphatic rings. The van der Waals surface area contributed by atoms with Crippen LogP contribution in [0.1, 0.15) is 51.9 Å². The lowest BCUT2D eigenvalue weighted by Crippen LogP contribution is -2.40. The van der Waals surface area contributed by atoms with E-state index in [1.54, 1.807) is 6.08 Å². The van der Waals surface area contributed by atoms with Gasteiger partial charge in [-0.25, -0.2) is 0 Å². The third kappa shape index (κ3) is 4.60. The molecular formula is C19H26ClNO. The number of hydrogen-bond acceptors (Lipinski definition) is 2. The van der Waals surface area contributed by atoms with Gasteiger partial charge in [0.25, 0.3) is 0 Å². The van der Waals surface area contributed by atoms with Gasteiger partial charge in [-0.15, -0.1) is 24.8 Å². The number of allylic oxidation sites excluding steroid dienone is 5. The Balaban J connectivity index is 2.85. The average molecular weight is 320 g/mol. The molecule has 1 fully saturated rings. The Morgan fingerprint density at radius 1 is 1.36 bits per heavy atom. The highest BCUT2D eigenvalue weighted by molar-refractivity contribution is 6.26. The second-order valence-corrected chi connectivity index (χ2v) is 6.62. The second kappa shape index (κ2) is 8.36. The fraction of sp³-hybridized carbons (Fsp3) is 0.526. The number of halogens is 1. The first-order chi connectivity index (χ1) is 10.5. The molecule has 1 unspecified atom stereocenters. The van der Waals surface area contributed by atoms with Gasteiger partial charge in [-0.2, -0.15) is 5.26 Å². The molecule has 1 saturated carbocycles. The maximum absolute atomic E-state index is 10.9. The largest absolute Gasteiger partial charge is 0.388 e. The third-order valence-electron chi connectivity index (χ3n) is 4.33. The summed E-state index contributed by atoms with van der Waals surface area (Å²) in [5, 5.41) is 20.2. The molecule has 0 amide bonds. The zero-order chi connectivity index (χ0) is 16.6. The van der Waals surface area contributed by atoms with Gasteiger partial charge >= 0.3 is 0 Å². The fourth-order valence-corrected chi connectivity index (χ4v) is 2.97. The molecule has 1 N–H and O–H groups in total. The number of hydrogen-bond donors (Lipinski definition) is 1. The smallest absolute Gasteiger partial charge is 0.0990 e. The highest BCUT2D eigenvalue weighted by Gasteiger charge is 2.56. The van der Waals surface area contributed by atoms with E-state index in [2.05, 4.69) is 25.3 Å². The van der Waals surface area contributed by atoms with Gasteiger partial charge < -0.3 is 5.11 Å².